The Labute approximate surface area is 437 Å². The summed E-state index contributed by atoms with van der Waals surface area (Å²) in [6.07, 6.45) is 5.18. The van der Waals surface area contributed by atoms with Crippen molar-refractivity contribution < 1.29 is 33.6 Å². The van der Waals surface area contributed by atoms with E-state index in [4.69, 9.17) is 44.7 Å². The van der Waals surface area contributed by atoms with E-state index in [1.165, 1.54) is 22.7 Å². The molecule has 4 aromatic carbocycles. The summed E-state index contributed by atoms with van der Waals surface area (Å²) in [7, 11) is 6.43. The zero-order chi connectivity index (χ0) is 52.0. The maximum atomic E-state index is 12.9. The Balaban J connectivity index is 0.000000145. The largest absolute Gasteiger partial charge is 0.493 e. The Morgan fingerprint density at radius 1 is 0.707 bits per heavy atom. The van der Waals surface area contributed by atoms with Crippen molar-refractivity contribution >= 4 is 107 Å². The lowest BCUT2D eigenvalue weighted by Crippen LogP contribution is -2.37. The van der Waals surface area contributed by atoms with Crippen LogP contribution in [0.25, 0.3) is 31.6 Å². The topological polar surface area (TPSA) is 278 Å². The quantitative estimate of drug-likeness (QED) is 0.0654. The number of carboxylic acid groups (broad SMARTS) is 1. The first-order chi connectivity index (χ1) is 36.6. The van der Waals surface area contributed by atoms with Gasteiger partial charge >= 0.3 is 5.97 Å². The van der Waals surface area contributed by atoms with Crippen LogP contribution in [0.1, 0.15) is 44.7 Å². The van der Waals surface area contributed by atoms with Gasteiger partial charge in [-0.25, -0.2) is 14.8 Å². The van der Waals surface area contributed by atoms with Crippen molar-refractivity contribution in [3.63, 3.8) is 0 Å². The third-order valence-electron chi connectivity index (χ3n) is 12.6. The van der Waals surface area contributed by atoms with Gasteiger partial charge in [-0.15, -0.1) is 22.7 Å². The van der Waals surface area contributed by atoms with Crippen LogP contribution >= 0.6 is 22.7 Å². The van der Waals surface area contributed by atoms with Crippen molar-refractivity contribution in [3.8, 4) is 23.0 Å². The van der Waals surface area contributed by atoms with E-state index in [2.05, 4.69) is 55.9 Å². The lowest BCUT2D eigenvalue weighted by Gasteiger charge is -2.18. The molecule has 0 saturated carbocycles. The molecule has 3 aliphatic heterocycles. The first-order valence-electron chi connectivity index (χ1n) is 23.6. The minimum absolute atomic E-state index is 0.00237. The summed E-state index contributed by atoms with van der Waals surface area (Å²) in [6, 6.07) is 21.9. The smallest absolute Gasteiger partial charge is 0.335 e. The van der Waals surface area contributed by atoms with Crippen LogP contribution in [0.4, 0.5) is 34.9 Å². The Bertz CT molecular complexity index is 3570. The highest BCUT2D eigenvalue weighted by Gasteiger charge is 2.28. The Morgan fingerprint density at radius 2 is 1.31 bits per heavy atom. The molecule has 1 amide bonds. The fourth-order valence-electron chi connectivity index (χ4n) is 8.68. The molecule has 8 heterocycles. The van der Waals surface area contributed by atoms with Gasteiger partial charge in [0.25, 0.3) is 5.91 Å². The predicted molar refractivity (Wildman–Crippen MR) is 290 cm³/mol. The zero-order valence-electron chi connectivity index (χ0n) is 41.1. The van der Waals surface area contributed by atoms with Gasteiger partial charge in [-0.2, -0.15) is 25.0 Å². The average Bonchev–Trinajstić information content (AvgIpc) is 4.30. The summed E-state index contributed by atoms with van der Waals surface area (Å²) in [5.41, 5.74) is 16.6. The van der Waals surface area contributed by atoms with Crippen molar-refractivity contribution in [3.05, 3.63) is 112 Å². The molecule has 0 aliphatic carbocycles. The number of benzene rings is 4. The molecule has 0 radical (unpaired) electrons. The van der Waals surface area contributed by atoms with Crippen molar-refractivity contribution in [2.75, 3.05) is 75.1 Å². The molecule has 0 bridgehead atoms. The number of aliphatic imine (C=N–C) groups is 1. The number of aromatic nitrogens is 8. The molecule has 9 aromatic rings. The molecule has 2 saturated heterocycles. The number of amides is 1. The molecule has 384 valence electrons. The van der Waals surface area contributed by atoms with Gasteiger partial charge in [-0.3, -0.25) is 14.9 Å². The van der Waals surface area contributed by atoms with E-state index >= 15 is 0 Å². The average molecular weight is 1050 g/mol. The zero-order valence-corrected chi connectivity index (χ0v) is 42.7. The number of hydrogen-bond donors (Lipinski definition) is 6. The first-order valence-corrected chi connectivity index (χ1v) is 25.4. The van der Waals surface area contributed by atoms with E-state index in [9.17, 15) is 9.59 Å². The van der Waals surface area contributed by atoms with Crippen molar-refractivity contribution in [2.24, 2.45) is 10.7 Å². The lowest BCUT2D eigenvalue weighted by atomic mass is 10.1. The van der Waals surface area contributed by atoms with E-state index < -0.39 is 5.97 Å². The highest BCUT2D eigenvalue weighted by molar-refractivity contribution is 7.16. The minimum atomic E-state index is -0.918. The molecule has 24 heteroatoms. The number of H-pyrrole nitrogens is 1. The lowest BCUT2D eigenvalue weighted by molar-refractivity contribution is 0.0696. The van der Waals surface area contributed by atoms with Crippen LogP contribution in [0.5, 0.6) is 23.0 Å². The second-order valence-corrected chi connectivity index (χ2v) is 19.1. The fraction of sp³-hybridized carbons (Fsp3) is 0.255. The number of aromatic carboxylic acids is 1. The van der Waals surface area contributed by atoms with Gasteiger partial charge in [0.1, 0.15) is 11.0 Å². The van der Waals surface area contributed by atoms with Crippen molar-refractivity contribution in [1.82, 2.24) is 45.4 Å². The summed E-state index contributed by atoms with van der Waals surface area (Å²) in [5.74, 6) is 4.14. The number of hydrogen-bond acceptors (Lipinski definition) is 21. The number of carboxylic acids is 1. The third kappa shape index (κ3) is 11.1. The summed E-state index contributed by atoms with van der Waals surface area (Å²) in [6.45, 7) is 3.67. The number of carbonyl (C=O) groups is 2. The number of fused-ring (bicyclic) bond motifs is 4. The number of rotatable bonds is 13. The van der Waals surface area contributed by atoms with Crippen molar-refractivity contribution in [1.29, 1.82) is 0 Å². The normalized spacial score (nSPS) is 15.5. The summed E-state index contributed by atoms with van der Waals surface area (Å²) >= 11 is 2.96. The highest BCUT2D eigenvalue weighted by atomic mass is 32.1. The maximum absolute atomic E-state index is 12.9. The molecule has 2 fully saturated rings. The fourth-order valence-corrected chi connectivity index (χ4v) is 9.98. The first kappa shape index (κ1) is 49.8. The second-order valence-electron chi connectivity index (χ2n) is 17.4. The van der Waals surface area contributed by atoms with Gasteiger partial charge in [0.15, 0.2) is 44.3 Å². The standard InChI is InChI=1S/C26H25N7O3S.C17H20N6O2S.C8H6N2O2/c1-35-20-6-5-18(10-21(20)36-2)29-23-22-25(37-14-28-22)32-26(31-23)33-8-7-19(13-33)30-24(34)15-3-4-16-11-27-12-17(16)9-15;1-24-12-4-3-11(7-13(12)25-2)20-15-14-16(26-9-19-14)22-17(21-15)23-6-5-10(18)8-23;11-8(12)5-1-2-7-6(3-5)4-9-10-7/h3-6,9-10,12,14,19H,7-8,11,13H2,1-2H3,(H,30,34)(H,29,31,32);3-4,7,9-10H,5-6,8,18H2,1-2H3,(H,20,21,22);1-4H,(H,9,10)(H,11,12). The van der Waals surface area contributed by atoms with Gasteiger partial charge < -0.3 is 55.5 Å². The van der Waals surface area contributed by atoms with E-state index in [0.717, 1.165) is 81.1 Å². The molecule has 75 heavy (non-hydrogen) atoms. The number of aromatic amines is 1. The summed E-state index contributed by atoms with van der Waals surface area (Å²) in [5, 5.41) is 25.8. The summed E-state index contributed by atoms with van der Waals surface area (Å²) < 4.78 is 21.4. The number of nitrogens with one attached hydrogen (secondary N) is 4. The van der Waals surface area contributed by atoms with E-state index in [1.54, 1.807) is 63.9 Å². The molecular weight excluding hydrogens is 999 g/mol. The van der Waals surface area contributed by atoms with Crippen LogP contribution < -0.4 is 50.4 Å². The number of thiazole rings is 2. The number of methoxy groups -OCH3 is 4. The van der Waals surface area contributed by atoms with Crippen LogP contribution in [0, 0.1) is 0 Å². The maximum Gasteiger partial charge on any atom is 0.335 e. The monoisotopic (exact) mass is 1050 g/mol. The highest BCUT2D eigenvalue weighted by Crippen LogP contribution is 2.36. The van der Waals surface area contributed by atoms with Crippen LogP contribution in [-0.2, 0) is 6.54 Å². The molecule has 12 rings (SSSR count). The number of carbonyl (C=O) groups excluding carboxylic acids is 1. The van der Waals surface area contributed by atoms with E-state index in [-0.39, 0.29) is 23.6 Å². The van der Waals surface area contributed by atoms with Crippen LogP contribution in [0.3, 0.4) is 0 Å². The number of nitrogens with two attached hydrogens (primary N) is 1. The van der Waals surface area contributed by atoms with Crippen molar-refractivity contribution in [2.45, 2.75) is 31.5 Å². The van der Waals surface area contributed by atoms with Crippen LogP contribution in [0.2, 0.25) is 0 Å². The molecule has 2 unspecified atom stereocenters. The minimum Gasteiger partial charge on any atom is -0.493 e. The number of anilines is 6. The number of nitrogens with zero attached hydrogens (tertiary/aromatic N) is 10. The molecule has 0 spiro atoms. The summed E-state index contributed by atoms with van der Waals surface area (Å²) in [4.78, 5) is 61.3. The Morgan fingerprint density at radius 3 is 1.89 bits per heavy atom. The van der Waals surface area contributed by atoms with Gasteiger partial charge in [-0.05, 0) is 78.6 Å². The van der Waals surface area contributed by atoms with Crippen LogP contribution in [0.15, 0.2) is 95.0 Å². The SMILES string of the molecule is COc1ccc(Nc2nc(N3CCC(N)C3)nc3scnc23)cc1OC.COc1ccc(Nc2nc(N3CCC(NC(=O)c4ccc5c(c4)C=NC5)C3)nc3scnc23)cc1OC.O=C(O)c1ccc2[nH]ncc2c1. The Kier molecular flexibility index (Phi) is 14.7. The third-order valence-corrected chi connectivity index (χ3v) is 14.0. The van der Waals surface area contributed by atoms with E-state index in [1.807, 2.05) is 60.8 Å². The van der Waals surface area contributed by atoms with Gasteiger partial charge in [0.05, 0.1) is 63.3 Å². The Hall–Kier alpha value is -8.74. The molecule has 22 nitrogen and oxygen atoms in total. The van der Waals surface area contributed by atoms with Gasteiger partial charge in [-0.1, -0.05) is 6.07 Å². The van der Waals surface area contributed by atoms with Gasteiger partial charge in [0.2, 0.25) is 11.9 Å². The molecule has 3 aliphatic rings. The molecule has 5 aromatic heterocycles. The predicted octanol–water partition coefficient (Wildman–Crippen LogP) is 7.43. The molecule has 7 N–H and O–H groups in total. The van der Waals surface area contributed by atoms with Crippen LogP contribution in [-0.4, -0.2) is 130 Å². The molecular formula is C51H51N15O7S2. The second kappa shape index (κ2) is 22.2. The number of ether oxygens (including phenoxy) is 4. The van der Waals surface area contributed by atoms with E-state index in [0.29, 0.717) is 70.7 Å². The van der Waals surface area contributed by atoms with Gasteiger partial charge in [0, 0.05) is 78.9 Å². The molecule has 2 atom stereocenters.